The molecule has 0 heterocycles. The van der Waals surface area contributed by atoms with Crippen LogP contribution in [0.3, 0.4) is 0 Å². The van der Waals surface area contributed by atoms with Gasteiger partial charge in [-0.15, -0.1) is 0 Å². The second-order valence-electron chi connectivity index (χ2n) is 7.78. The molecule has 3 heteroatoms. The minimum Gasteiger partial charge on any atom is -0.490 e. The number of hydrogen-bond acceptors (Lipinski definition) is 3. The number of ether oxygens (including phenoxy) is 2. The molecule has 0 radical (unpaired) electrons. The Balaban J connectivity index is 2.04. The van der Waals surface area contributed by atoms with E-state index in [2.05, 4.69) is 52.8 Å². The first-order chi connectivity index (χ1) is 12.3. The topological polar surface area (TPSA) is 35.5 Å². The smallest absolute Gasteiger partial charge is 0.161 e. The van der Waals surface area contributed by atoms with Gasteiger partial charge in [-0.25, -0.2) is 0 Å². The molecule has 0 fully saturated rings. The molecule has 0 spiro atoms. The number of carbonyl (C=O) groups is 1. The van der Waals surface area contributed by atoms with Crippen LogP contribution in [0.5, 0.6) is 11.5 Å². The standard InChI is InChI=1S/C23H32O3/c1-7-25-22-14-19(15-24)10-13-21(22)26-18(4)16(2)8-11-20-12-9-17(3)23(20,5)6/h8-11,13-16,18,20H,7,12H2,1-6H3. The Morgan fingerprint density at radius 3 is 2.58 bits per heavy atom. The molecule has 1 aliphatic rings. The quantitative estimate of drug-likeness (QED) is 0.433. The lowest BCUT2D eigenvalue weighted by Gasteiger charge is -2.28. The van der Waals surface area contributed by atoms with Crippen molar-refractivity contribution in [2.24, 2.45) is 17.3 Å². The third kappa shape index (κ3) is 4.57. The van der Waals surface area contributed by atoms with Gasteiger partial charge in [0.15, 0.2) is 11.5 Å². The van der Waals surface area contributed by atoms with Gasteiger partial charge in [0.05, 0.1) is 6.61 Å². The first-order valence-electron chi connectivity index (χ1n) is 9.53. The van der Waals surface area contributed by atoms with Crippen LogP contribution in [0.2, 0.25) is 0 Å². The van der Waals surface area contributed by atoms with E-state index in [0.29, 0.717) is 29.6 Å². The predicted molar refractivity (Wildman–Crippen MR) is 107 cm³/mol. The highest BCUT2D eigenvalue weighted by Gasteiger charge is 2.33. The highest BCUT2D eigenvalue weighted by molar-refractivity contribution is 5.76. The highest BCUT2D eigenvalue weighted by atomic mass is 16.5. The Kier molecular flexibility index (Phi) is 6.69. The largest absolute Gasteiger partial charge is 0.490 e. The lowest BCUT2D eigenvalue weighted by Crippen LogP contribution is -2.22. The fraction of sp³-hybridized carbons (Fsp3) is 0.522. The average molecular weight is 357 g/mol. The molecule has 3 nitrogen and oxygen atoms in total. The van der Waals surface area contributed by atoms with Gasteiger partial charge in [0.2, 0.25) is 0 Å². The number of allylic oxidation sites excluding steroid dienone is 3. The molecule has 26 heavy (non-hydrogen) atoms. The van der Waals surface area contributed by atoms with Gasteiger partial charge >= 0.3 is 0 Å². The lowest BCUT2D eigenvalue weighted by atomic mass is 9.77. The molecule has 142 valence electrons. The molecular formula is C23H32O3. The molecule has 1 aliphatic carbocycles. The van der Waals surface area contributed by atoms with Gasteiger partial charge in [0.25, 0.3) is 0 Å². The van der Waals surface area contributed by atoms with Crippen LogP contribution >= 0.6 is 0 Å². The third-order valence-corrected chi connectivity index (χ3v) is 5.73. The van der Waals surface area contributed by atoms with Crippen molar-refractivity contribution in [1.82, 2.24) is 0 Å². The predicted octanol–water partition coefficient (Wildman–Crippen LogP) is 5.85. The first kappa shape index (κ1) is 20.3. The average Bonchev–Trinajstić information content (AvgIpc) is 2.87. The third-order valence-electron chi connectivity index (χ3n) is 5.73. The minimum absolute atomic E-state index is 0.00566. The van der Waals surface area contributed by atoms with Gasteiger partial charge in [-0.2, -0.15) is 0 Å². The van der Waals surface area contributed by atoms with E-state index < -0.39 is 0 Å². The molecule has 1 aromatic carbocycles. The molecule has 0 saturated carbocycles. The van der Waals surface area contributed by atoms with E-state index >= 15 is 0 Å². The van der Waals surface area contributed by atoms with Crippen LogP contribution in [-0.4, -0.2) is 19.0 Å². The molecule has 0 aromatic heterocycles. The van der Waals surface area contributed by atoms with Crippen LogP contribution < -0.4 is 9.47 Å². The van der Waals surface area contributed by atoms with Crippen molar-refractivity contribution >= 4 is 6.29 Å². The summed E-state index contributed by atoms with van der Waals surface area (Å²) in [7, 11) is 0. The van der Waals surface area contributed by atoms with Gasteiger partial charge in [0.1, 0.15) is 12.4 Å². The van der Waals surface area contributed by atoms with Crippen LogP contribution in [-0.2, 0) is 0 Å². The van der Waals surface area contributed by atoms with E-state index in [0.717, 1.165) is 12.7 Å². The molecule has 3 atom stereocenters. The summed E-state index contributed by atoms with van der Waals surface area (Å²) >= 11 is 0. The summed E-state index contributed by atoms with van der Waals surface area (Å²) in [4.78, 5) is 11.0. The van der Waals surface area contributed by atoms with Crippen molar-refractivity contribution < 1.29 is 14.3 Å². The van der Waals surface area contributed by atoms with Crippen molar-refractivity contribution in [2.45, 2.75) is 54.1 Å². The molecule has 0 N–H and O–H groups in total. The van der Waals surface area contributed by atoms with Gasteiger partial charge in [0, 0.05) is 11.5 Å². The second-order valence-corrected chi connectivity index (χ2v) is 7.78. The van der Waals surface area contributed by atoms with Crippen molar-refractivity contribution in [3.8, 4) is 11.5 Å². The van der Waals surface area contributed by atoms with Gasteiger partial charge in [-0.1, -0.05) is 44.6 Å². The normalized spacial score (nSPS) is 21.3. The number of benzene rings is 1. The summed E-state index contributed by atoms with van der Waals surface area (Å²) in [5.74, 6) is 2.12. The molecule has 0 saturated heterocycles. The van der Waals surface area contributed by atoms with Crippen molar-refractivity contribution in [3.63, 3.8) is 0 Å². The number of carbonyl (C=O) groups excluding carboxylic acids is 1. The SMILES string of the molecule is CCOc1cc(C=O)ccc1OC(C)C(C)C=CC1CC=C(C)C1(C)C. The van der Waals surface area contributed by atoms with Crippen LogP contribution in [0.4, 0.5) is 0 Å². The van der Waals surface area contributed by atoms with Crippen LogP contribution in [0.1, 0.15) is 58.3 Å². The first-order valence-corrected chi connectivity index (χ1v) is 9.53. The van der Waals surface area contributed by atoms with Crippen molar-refractivity contribution in [2.75, 3.05) is 6.61 Å². The fourth-order valence-electron chi connectivity index (χ4n) is 3.21. The maximum Gasteiger partial charge on any atom is 0.161 e. The molecule has 0 aliphatic heterocycles. The zero-order chi connectivity index (χ0) is 19.3. The Labute approximate surface area is 158 Å². The van der Waals surface area contributed by atoms with Crippen molar-refractivity contribution in [3.05, 3.63) is 47.6 Å². The van der Waals surface area contributed by atoms with Gasteiger partial charge in [-0.05, 0) is 56.7 Å². The number of rotatable bonds is 8. The van der Waals surface area contributed by atoms with E-state index in [1.807, 2.05) is 13.0 Å². The van der Waals surface area contributed by atoms with Crippen LogP contribution in [0.15, 0.2) is 42.0 Å². The van der Waals surface area contributed by atoms with E-state index in [1.165, 1.54) is 5.57 Å². The zero-order valence-corrected chi connectivity index (χ0v) is 16.9. The molecule has 3 unspecified atom stereocenters. The Bertz CT molecular complexity index is 685. The summed E-state index contributed by atoms with van der Waals surface area (Å²) < 4.78 is 11.8. The van der Waals surface area contributed by atoms with Gasteiger partial charge in [-0.3, -0.25) is 4.79 Å². The Morgan fingerprint density at radius 1 is 1.27 bits per heavy atom. The highest BCUT2D eigenvalue weighted by Crippen LogP contribution is 2.43. The lowest BCUT2D eigenvalue weighted by molar-refractivity contribution is 0.112. The maximum absolute atomic E-state index is 11.0. The summed E-state index contributed by atoms with van der Waals surface area (Å²) in [6.07, 6.45) is 8.90. The van der Waals surface area contributed by atoms with E-state index in [-0.39, 0.29) is 17.4 Å². The Hall–Kier alpha value is -2.03. The monoisotopic (exact) mass is 356 g/mol. The summed E-state index contributed by atoms with van der Waals surface area (Å²) in [5.41, 5.74) is 2.29. The number of aldehydes is 1. The molecule has 0 amide bonds. The van der Waals surface area contributed by atoms with E-state index in [9.17, 15) is 4.79 Å². The molecular weight excluding hydrogens is 324 g/mol. The second kappa shape index (κ2) is 8.57. The minimum atomic E-state index is 0.00566. The summed E-state index contributed by atoms with van der Waals surface area (Å²) in [6.45, 7) is 13.5. The van der Waals surface area contributed by atoms with Crippen LogP contribution in [0, 0.1) is 17.3 Å². The number of hydrogen-bond donors (Lipinski definition) is 0. The Morgan fingerprint density at radius 2 is 2.00 bits per heavy atom. The molecule has 2 rings (SSSR count). The van der Waals surface area contributed by atoms with Gasteiger partial charge < -0.3 is 9.47 Å². The fourth-order valence-corrected chi connectivity index (χ4v) is 3.21. The molecule has 1 aromatic rings. The zero-order valence-electron chi connectivity index (χ0n) is 16.9. The summed E-state index contributed by atoms with van der Waals surface area (Å²) in [5, 5.41) is 0. The van der Waals surface area contributed by atoms with E-state index in [4.69, 9.17) is 9.47 Å². The van der Waals surface area contributed by atoms with Crippen molar-refractivity contribution in [1.29, 1.82) is 0 Å². The maximum atomic E-state index is 11.0. The summed E-state index contributed by atoms with van der Waals surface area (Å²) in [6, 6.07) is 5.30. The van der Waals surface area contributed by atoms with Crippen LogP contribution in [0.25, 0.3) is 0 Å². The molecule has 0 bridgehead atoms. The van der Waals surface area contributed by atoms with E-state index in [1.54, 1.807) is 12.1 Å².